The molecule has 0 spiro atoms. The molecule has 0 aliphatic rings. The van der Waals surface area contributed by atoms with Gasteiger partial charge < -0.3 is 19.7 Å². The van der Waals surface area contributed by atoms with Gasteiger partial charge in [0, 0.05) is 11.1 Å². The van der Waals surface area contributed by atoms with Crippen LogP contribution in [0.2, 0.25) is 0 Å². The van der Waals surface area contributed by atoms with Crippen molar-refractivity contribution in [3.8, 4) is 23.0 Å². The van der Waals surface area contributed by atoms with Crippen LogP contribution in [0.4, 0.5) is 0 Å². The number of phenolic OH excluding ortho intramolecular Hbond substituents is 2. The zero-order valence-electron chi connectivity index (χ0n) is 29.0. The molecule has 254 valence electrons. The number of hydrogen-bond donors (Lipinski definition) is 2. The summed E-state index contributed by atoms with van der Waals surface area (Å²) in [6, 6.07) is 33.9. The minimum atomic E-state index is -2.09. The van der Waals surface area contributed by atoms with Crippen molar-refractivity contribution in [2.75, 3.05) is 20.4 Å². The smallest absolute Gasteiger partial charge is 0.207 e. The molecule has 4 rings (SSSR count). The van der Waals surface area contributed by atoms with E-state index < -0.39 is 7.26 Å². The van der Waals surface area contributed by atoms with Crippen LogP contribution in [0, 0.1) is 6.92 Å². The Labute approximate surface area is 284 Å². The average Bonchev–Trinajstić information content (AvgIpc) is 3.12. The Bertz CT molecular complexity index is 1360. The molecule has 0 aromatic heterocycles. The number of aromatic hydroxyl groups is 2. The van der Waals surface area contributed by atoms with Gasteiger partial charge in [-0.2, -0.15) is 0 Å². The SMILES string of the molecule is COc1c(O)c(C)c(CCCCCCCCCCCCCCC[PH](c2ccccc2)(c2ccccc2)c2ccccc2)c(O)c1OC. The minimum Gasteiger partial charge on any atom is -0.504 e. The van der Waals surface area contributed by atoms with Crippen LogP contribution in [0.3, 0.4) is 0 Å². The Balaban J connectivity index is 1.11. The maximum atomic E-state index is 10.7. The zero-order valence-corrected chi connectivity index (χ0v) is 30.0. The summed E-state index contributed by atoms with van der Waals surface area (Å²) in [5.74, 6) is 0.542. The summed E-state index contributed by atoms with van der Waals surface area (Å²) in [5.41, 5.74) is 1.42. The molecule has 2 N–H and O–H groups in total. The van der Waals surface area contributed by atoms with Gasteiger partial charge in [-0.3, -0.25) is 0 Å². The Morgan fingerprint density at radius 2 is 0.809 bits per heavy atom. The first-order valence-electron chi connectivity index (χ1n) is 17.9. The largest absolute Gasteiger partial charge is 0.504 e. The van der Waals surface area contributed by atoms with Crippen molar-refractivity contribution in [3.63, 3.8) is 0 Å². The maximum Gasteiger partial charge on any atom is 0.207 e. The molecular formula is C42H57O4P. The molecule has 0 atom stereocenters. The van der Waals surface area contributed by atoms with E-state index in [1.807, 2.05) is 6.92 Å². The van der Waals surface area contributed by atoms with Crippen LogP contribution in [0.5, 0.6) is 23.0 Å². The van der Waals surface area contributed by atoms with Gasteiger partial charge in [0.25, 0.3) is 0 Å². The van der Waals surface area contributed by atoms with Crippen molar-refractivity contribution in [1.29, 1.82) is 0 Å². The number of phenols is 2. The van der Waals surface area contributed by atoms with Crippen LogP contribution in [-0.2, 0) is 6.42 Å². The standard InChI is InChI=1S/C42H57O4P/c1-34-38(40(44)42(46-3)41(45-2)39(34)43)32-24-13-11-9-7-5-4-6-8-10-12-14-25-33-47(35-26-18-15-19-27-35,36-28-20-16-21-29-36)37-30-22-17-23-31-37/h15-23,26-31,43-44,47H,4-14,24-25,32-33H2,1-3H3. The molecule has 4 nitrogen and oxygen atoms in total. The molecule has 47 heavy (non-hydrogen) atoms. The number of hydrogen-bond acceptors (Lipinski definition) is 4. The Hall–Kier alpha value is -3.49. The van der Waals surface area contributed by atoms with Gasteiger partial charge in [-0.1, -0.05) is 6.42 Å². The summed E-state index contributed by atoms with van der Waals surface area (Å²) >= 11 is 0. The monoisotopic (exact) mass is 656 g/mol. The molecule has 0 saturated carbocycles. The fourth-order valence-corrected chi connectivity index (χ4v) is 12.2. The number of unbranched alkanes of at least 4 members (excludes halogenated alkanes) is 12. The van der Waals surface area contributed by atoms with Crippen molar-refractivity contribution in [1.82, 2.24) is 0 Å². The summed E-state index contributed by atoms with van der Waals surface area (Å²) in [6.45, 7) is 1.82. The summed E-state index contributed by atoms with van der Waals surface area (Å²) in [5, 5.41) is 25.7. The predicted octanol–water partition coefficient (Wildman–Crippen LogP) is 9.76. The molecule has 0 fully saturated rings. The van der Waals surface area contributed by atoms with Gasteiger partial charge in [0.15, 0.2) is 11.5 Å². The maximum absolute atomic E-state index is 10.7. The van der Waals surface area contributed by atoms with E-state index in [4.69, 9.17) is 9.47 Å². The molecule has 0 aliphatic heterocycles. The van der Waals surface area contributed by atoms with E-state index in [9.17, 15) is 10.2 Å². The van der Waals surface area contributed by atoms with Gasteiger partial charge in [-0.15, -0.1) is 0 Å². The average molecular weight is 657 g/mol. The second-order valence-electron chi connectivity index (χ2n) is 13.0. The zero-order chi connectivity index (χ0) is 33.3. The normalized spacial score (nSPS) is 11.8. The van der Waals surface area contributed by atoms with E-state index in [-0.39, 0.29) is 23.0 Å². The second kappa shape index (κ2) is 19.4. The molecule has 0 bridgehead atoms. The third-order valence-electron chi connectivity index (χ3n) is 9.92. The van der Waals surface area contributed by atoms with Crippen molar-refractivity contribution < 1.29 is 19.7 Å². The van der Waals surface area contributed by atoms with E-state index >= 15 is 0 Å². The van der Waals surface area contributed by atoms with Crippen molar-refractivity contribution in [3.05, 3.63) is 102 Å². The fraction of sp³-hybridized carbons (Fsp3) is 0.429. The third kappa shape index (κ3) is 9.54. The van der Waals surface area contributed by atoms with Crippen molar-refractivity contribution in [2.45, 2.75) is 96.8 Å². The number of benzene rings is 4. The molecular weight excluding hydrogens is 599 g/mol. The Morgan fingerprint density at radius 3 is 1.19 bits per heavy atom. The van der Waals surface area contributed by atoms with E-state index in [0.717, 1.165) is 24.8 Å². The molecule has 0 aliphatic carbocycles. The number of rotatable bonds is 21. The first-order valence-corrected chi connectivity index (χ1v) is 20.1. The van der Waals surface area contributed by atoms with E-state index in [1.54, 1.807) is 0 Å². The Morgan fingerprint density at radius 1 is 0.468 bits per heavy atom. The first-order chi connectivity index (χ1) is 23.0. The minimum absolute atomic E-state index is 0.0509. The van der Waals surface area contributed by atoms with Crippen LogP contribution >= 0.6 is 7.26 Å². The van der Waals surface area contributed by atoms with Gasteiger partial charge in [0.2, 0.25) is 11.5 Å². The van der Waals surface area contributed by atoms with Gasteiger partial charge in [0.05, 0.1) is 14.2 Å². The summed E-state index contributed by atoms with van der Waals surface area (Å²) < 4.78 is 10.5. The number of methoxy groups -OCH3 is 2. The quantitative estimate of drug-likeness (QED) is 0.0533. The third-order valence-corrected chi connectivity index (χ3v) is 15.0. The van der Waals surface area contributed by atoms with E-state index in [1.165, 1.54) is 107 Å². The molecule has 4 aromatic rings. The molecule has 0 radical (unpaired) electrons. The molecule has 0 amide bonds. The molecule has 0 unspecified atom stereocenters. The van der Waals surface area contributed by atoms with Gasteiger partial charge >= 0.3 is 191 Å². The summed E-state index contributed by atoms with van der Waals surface area (Å²) in [4.78, 5) is 0. The van der Waals surface area contributed by atoms with Gasteiger partial charge in [0.1, 0.15) is 0 Å². The predicted molar refractivity (Wildman–Crippen MR) is 203 cm³/mol. The second-order valence-corrected chi connectivity index (χ2v) is 17.0. The topological polar surface area (TPSA) is 58.9 Å². The van der Waals surface area contributed by atoms with E-state index in [2.05, 4.69) is 91.0 Å². The summed E-state index contributed by atoms with van der Waals surface area (Å²) in [6.07, 6.45) is 18.4. The molecule has 0 saturated heterocycles. The van der Waals surface area contributed by atoms with Crippen molar-refractivity contribution >= 4 is 23.2 Å². The fourth-order valence-electron chi connectivity index (χ4n) is 7.27. The Kier molecular flexibility index (Phi) is 15.0. The van der Waals surface area contributed by atoms with Gasteiger partial charge in [-0.05, 0) is 19.8 Å². The molecule has 5 heteroatoms. The summed E-state index contributed by atoms with van der Waals surface area (Å²) in [7, 11) is 0.857. The van der Waals surface area contributed by atoms with Crippen LogP contribution in [0.15, 0.2) is 91.0 Å². The first kappa shape index (κ1) is 36.3. The van der Waals surface area contributed by atoms with Crippen LogP contribution in [-0.4, -0.2) is 30.6 Å². The number of ether oxygens (including phenoxy) is 2. The van der Waals surface area contributed by atoms with Crippen LogP contribution < -0.4 is 25.4 Å². The van der Waals surface area contributed by atoms with Crippen LogP contribution in [0.1, 0.15) is 94.6 Å². The molecule has 4 aromatic carbocycles. The van der Waals surface area contributed by atoms with Crippen LogP contribution in [0.25, 0.3) is 0 Å². The molecule has 0 heterocycles. The van der Waals surface area contributed by atoms with E-state index in [0.29, 0.717) is 5.56 Å². The van der Waals surface area contributed by atoms with Crippen molar-refractivity contribution in [2.24, 2.45) is 0 Å². The van der Waals surface area contributed by atoms with Gasteiger partial charge in [-0.25, -0.2) is 0 Å².